The van der Waals surface area contributed by atoms with E-state index in [0.717, 1.165) is 12.8 Å². The second-order valence-corrected chi connectivity index (χ2v) is 6.77. The summed E-state index contributed by atoms with van der Waals surface area (Å²) >= 11 is 0. The molecule has 1 aliphatic carbocycles. The molecule has 0 heterocycles. The third-order valence-corrected chi connectivity index (χ3v) is 5.34. The van der Waals surface area contributed by atoms with E-state index in [-0.39, 0.29) is 11.4 Å². The van der Waals surface area contributed by atoms with Crippen molar-refractivity contribution in [3.8, 4) is 0 Å². The van der Waals surface area contributed by atoms with E-state index >= 15 is 0 Å². The van der Waals surface area contributed by atoms with Gasteiger partial charge in [-0.25, -0.2) is 12.8 Å². The lowest BCUT2D eigenvalue weighted by molar-refractivity contribution is 0.408. The van der Waals surface area contributed by atoms with Crippen molar-refractivity contribution in [2.45, 2.75) is 31.2 Å². The Morgan fingerprint density at radius 1 is 1.42 bits per heavy atom. The summed E-state index contributed by atoms with van der Waals surface area (Å²) in [7, 11) is -3.74. The summed E-state index contributed by atoms with van der Waals surface area (Å²) in [5.74, 6) is -0.293. The van der Waals surface area contributed by atoms with Gasteiger partial charge in [-0.3, -0.25) is 0 Å². The van der Waals surface area contributed by atoms with E-state index in [1.165, 1.54) is 16.4 Å². The van der Waals surface area contributed by atoms with Crippen molar-refractivity contribution in [3.05, 3.63) is 29.6 Å². The van der Waals surface area contributed by atoms with Crippen molar-refractivity contribution in [2.75, 3.05) is 13.1 Å². The minimum Gasteiger partial charge on any atom is -0.326 e. The van der Waals surface area contributed by atoms with Crippen molar-refractivity contribution in [1.82, 2.24) is 4.31 Å². The molecule has 0 spiro atoms. The van der Waals surface area contributed by atoms with Gasteiger partial charge in [-0.05, 0) is 36.5 Å². The fraction of sp³-hybridized carbons (Fsp3) is 0.538. The van der Waals surface area contributed by atoms with Crippen molar-refractivity contribution in [2.24, 2.45) is 11.7 Å². The van der Waals surface area contributed by atoms with Crippen molar-refractivity contribution in [3.63, 3.8) is 0 Å². The minimum atomic E-state index is -3.74. The maximum Gasteiger partial charge on any atom is 0.245 e. The van der Waals surface area contributed by atoms with Crippen LogP contribution in [-0.2, 0) is 16.6 Å². The highest BCUT2D eigenvalue weighted by atomic mass is 32.2. The van der Waals surface area contributed by atoms with Gasteiger partial charge in [0.1, 0.15) is 10.7 Å². The van der Waals surface area contributed by atoms with Gasteiger partial charge >= 0.3 is 0 Å². The van der Waals surface area contributed by atoms with Crippen LogP contribution < -0.4 is 5.73 Å². The fourth-order valence-corrected chi connectivity index (χ4v) is 3.58. The van der Waals surface area contributed by atoms with E-state index in [0.29, 0.717) is 24.6 Å². The average Bonchev–Trinajstić information content (AvgIpc) is 3.19. The SMILES string of the molecule is CCN(CC1CC1)S(=O)(=O)c1ccc(CN)cc1F. The number of nitrogens with two attached hydrogens (primary N) is 1. The van der Waals surface area contributed by atoms with E-state index in [1.54, 1.807) is 13.0 Å². The molecule has 0 saturated heterocycles. The predicted molar refractivity (Wildman–Crippen MR) is 71.4 cm³/mol. The third kappa shape index (κ3) is 3.13. The van der Waals surface area contributed by atoms with Crippen LogP contribution in [0.3, 0.4) is 0 Å². The van der Waals surface area contributed by atoms with E-state index in [4.69, 9.17) is 5.73 Å². The van der Waals surface area contributed by atoms with Gasteiger partial charge < -0.3 is 5.73 Å². The summed E-state index contributed by atoms with van der Waals surface area (Å²) < 4.78 is 40.1. The van der Waals surface area contributed by atoms with Crippen LogP contribution in [0.5, 0.6) is 0 Å². The molecule has 19 heavy (non-hydrogen) atoms. The Kier molecular flexibility index (Phi) is 4.23. The van der Waals surface area contributed by atoms with Gasteiger partial charge in [-0.15, -0.1) is 0 Å². The van der Waals surface area contributed by atoms with Crippen molar-refractivity contribution >= 4 is 10.0 Å². The Morgan fingerprint density at radius 3 is 2.58 bits per heavy atom. The monoisotopic (exact) mass is 286 g/mol. The third-order valence-electron chi connectivity index (χ3n) is 3.36. The van der Waals surface area contributed by atoms with Crippen molar-refractivity contribution < 1.29 is 12.8 Å². The van der Waals surface area contributed by atoms with Crippen LogP contribution in [0.15, 0.2) is 23.1 Å². The molecule has 0 atom stereocenters. The lowest BCUT2D eigenvalue weighted by Crippen LogP contribution is -2.33. The lowest BCUT2D eigenvalue weighted by atomic mass is 10.2. The van der Waals surface area contributed by atoms with Gasteiger partial charge in [0, 0.05) is 19.6 Å². The van der Waals surface area contributed by atoms with Gasteiger partial charge in [-0.1, -0.05) is 13.0 Å². The van der Waals surface area contributed by atoms with Crippen molar-refractivity contribution in [1.29, 1.82) is 0 Å². The molecule has 0 radical (unpaired) electrons. The normalized spacial score (nSPS) is 16.0. The molecule has 4 nitrogen and oxygen atoms in total. The Morgan fingerprint density at radius 2 is 2.11 bits per heavy atom. The first-order valence-electron chi connectivity index (χ1n) is 6.47. The number of nitrogens with zero attached hydrogens (tertiary/aromatic N) is 1. The molecular weight excluding hydrogens is 267 g/mol. The Bertz CT molecular complexity index is 556. The van der Waals surface area contributed by atoms with Crippen LogP contribution in [0, 0.1) is 11.7 Å². The molecule has 2 N–H and O–H groups in total. The fourth-order valence-electron chi connectivity index (χ4n) is 2.01. The van der Waals surface area contributed by atoms with Gasteiger partial charge in [0.15, 0.2) is 0 Å². The van der Waals surface area contributed by atoms with E-state index in [1.807, 2.05) is 0 Å². The molecule has 0 bridgehead atoms. The molecule has 6 heteroatoms. The predicted octanol–water partition coefficient (Wildman–Crippen LogP) is 1.71. The number of halogens is 1. The molecule has 2 rings (SSSR count). The molecule has 0 aromatic heterocycles. The highest BCUT2D eigenvalue weighted by molar-refractivity contribution is 7.89. The van der Waals surface area contributed by atoms with Crippen LogP contribution in [0.4, 0.5) is 4.39 Å². The molecule has 1 fully saturated rings. The summed E-state index contributed by atoms with van der Waals surface area (Å²) in [5.41, 5.74) is 6.00. The molecule has 0 amide bonds. The van der Waals surface area contributed by atoms with Gasteiger partial charge in [0.2, 0.25) is 10.0 Å². The zero-order valence-corrected chi connectivity index (χ0v) is 11.8. The highest BCUT2D eigenvalue weighted by Crippen LogP contribution is 2.32. The summed E-state index contributed by atoms with van der Waals surface area (Å²) in [4.78, 5) is -0.257. The second-order valence-electron chi connectivity index (χ2n) is 4.87. The van der Waals surface area contributed by atoms with E-state index in [2.05, 4.69) is 0 Å². The quantitative estimate of drug-likeness (QED) is 0.866. The summed E-state index contributed by atoms with van der Waals surface area (Å²) in [5, 5.41) is 0. The molecule has 106 valence electrons. The van der Waals surface area contributed by atoms with Gasteiger partial charge in [0.05, 0.1) is 0 Å². The smallest absolute Gasteiger partial charge is 0.245 e. The van der Waals surface area contributed by atoms with Crippen LogP contribution in [-0.4, -0.2) is 25.8 Å². The Balaban J connectivity index is 2.31. The van der Waals surface area contributed by atoms with Crippen LogP contribution in [0.1, 0.15) is 25.3 Å². The standard InChI is InChI=1S/C13H19FN2O2S/c1-2-16(9-10-3-4-10)19(17,18)13-6-5-11(8-15)7-12(13)14/h5-7,10H,2-4,8-9,15H2,1H3. The lowest BCUT2D eigenvalue weighted by Gasteiger charge is -2.20. The molecule has 0 aliphatic heterocycles. The van der Waals surface area contributed by atoms with Gasteiger partial charge in [-0.2, -0.15) is 4.31 Å². The minimum absolute atomic E-state index is 0.191. The number of benzene rings is 1. The zero-order valence-electron chi connectivity index (χ0n) is 11.0. The first-order chi connectivity index (χ1) is 8.98. The Labute approximate surface area is 113 Å². The number of hydrogen-bond donors (Lipinski definition) is 1. The Hall–Kier alpha value is -0.980. The van der Waals surface area contributed by atoms with E-state index in [9.17, 15) is 12.8 Å². The first-order valence-corrected chi connectivity index (χ1v) is 7.91. The van der Waals surface area contributed by atoms with Crippen LogP contribution in [0.2, 0.25) is 0 Å². The van der Waals surface area contributed by atoms with E-state index < -0.39 is 15.8 Å². The molecule has 1 saturated carbocycles. The summed E-state index contributed by atoms with van der Waals surface area (Å²) in [6.45, 7) is 2.80. The zero-order chi connectivity index (χ0) is 14.0. The number of rotatable bonds is 6. The van der Waals surface area contributed by atoms with Gasteiger partial charge in [0.25, 0.3) is 0 Å². The second kappa shape index (κ2) is 5.56. The average molecular weight is 286 g/mol. The largest absolute Gasteiger partial charge is 0.326 e. The molecule has 1 aromatic rings. The van der Waals surface area contributed by atoms with Crippen LogP contribution >= 0.6 is 0 Å². The maximum atomic E-state index is 13.9. The first kappa shape index (κ1) is 14.4. The molecular formula is C13H19FN2O2S. The highest BCUT2D eigenvalue weighted by Gasteiger charge is 2.32. The molecule has 0 unspecified atom stereocenters. The number of hydrogen-bond acceptors (Lipinski definition) is 3. The molecule has 1 aromatic carbocycles. The maximum absolute atomic E-state index is 13.9. The summed E-state index contributed by atoms with van der Waals surface area (Å²) in [6, 6.07) is 4.06. The molecule has 1 aliphatic rings. The summed E-state index contributed by atoms with van der Waals surface area (Å²) in [6.07, 6.45) is 2.11. The van der Waals surface area contributed by atoms with Crippen LogP contribution in [0.25, 0.3) is 0 Å². The topological polar surface area (TPSA) is 63.4 Å². The number of sulfonamides is 1.